The quantitative estimate of drug-likeness (QED) is 0.496. The number of alkyl halides is 1. The number of halogens is 1. The lowest BCUT2D eigenvalue weighted by Crippen LogP contribution is -1.87. The van der Waals surface area contributed by atoms with Gasteiger partial charge in [0.15, 0.2) is 0 Å². The number of rotatable bonds is 7. The normalized spacial score (nSPS) is 10.5. The summed E-state index contributed by atoms with van der Waals surface area (Å²) in [5.41, 5.74) is 2.88. The van der Waals surface area contributed by atoms with Crippen molar-refractivity contribution in [3.05, 3.63) is 35.4 Å². The van der Waals surface area contributed by atoms with Crippen molar-refractivity contribution in [3.63, 3.8) is 0 Å². The van der Waals surface area contributed by atoms with Gasteiger partial charge >= 0.3 is 0 Å². The van der Waals surface area contributed by atoms with Crippen LogP contribution in [0.5, 0.6) is 0 Å². The first kappa shape index (κ1) is 12.9. The van der Waals surface area contributed by atoms with E-state index in [9.17, 15) is 0 Å². The predicted molar refractivity (Wildman–Crippen MR) is 71.9 cm³/mol. The van der Waals surface area contributed by atoms with Crippen molar-refractivity contribution in [2.24, 2.45) is 0 Å². The van der Waals surface area contributed by atoms with E-state index in [1.54, 1.807) is 0 Å². The van der Waals surface area contributed by atoms with Crippen LogP contribution in [0.25, 0.3) is 0 Å². The molecule has 2 heteroatoms. The Hall–Kier alpha value is -0.140. The Morgan fingerprint density at radius 2 is 1.93 bits per heavy atom. The van der Waals surface area contributed by atoms with E-state index >= 15 is 0 Å². The molecule has 15 heavy (non-hydrogen) atoms. The molecule has 84 valence electrons. The predicted octanol–water partition coefficient (Wildman–Crippen LogP) is 4.64. The molecule has 0 amide bonds. The van der Waals surface area contributed by atoms with E-state index in [4.69, 9.17) is 11.6 Å². The molecule has 1 aromatic carbocycles. The Kier molecular flexibility index (Phi) is 6.95. The first-order valence-electron chi connectivity index (χ1n) is 5.53. The molecular formula is C13H19ClS. The van der Waals surface area contributed by atoms with Gasteiger partial charge in [0.05, 0.1) is 0 Å². The van der Waals surface area contributed by atoms with Gasteiger partial charge in [0.1, 0.15) is 0 Å². The third kappa shape index (κ3) is 5.48. The number of aryl methyl sites for hydroxylation is 1. The van der Waals surface area contributed by atoms with Crippen molar-refractivity contribution in [2.75, 3.05) is 11.6 Å². The van der Waals surface area contributed by atoms with Crippen LogP contribution in [0.3, 0.4) is 0 Å². The standard InChI is InChI=1S/C13H19ClS/c1-12-7-3-4-8-13(12)11-15-10-6-2-5-9-14/h3-4,7-8H,2,5-6,9-11H2,1H3. The highest BCUT2D eigenvalue weighted by atomic mass is 35.5. The largest absolute Gasteiger partial charge is 0.157 e. The van der Waals surface area contributed by atoms with Crippen LogP contribution in [-0.2, 0) is 5.75 Å². The van der Waals surface area contributed by atoms with Gasteiger partial charge in [-0.2, -0.15) is 11.8 Å². The Balaban J connectivity index is 2.12. The molecule has 0 heterocycles. The highest BCUT2D eigenvalue weighted by Crippen LogP contribution is 2.17. The summed E-state index contributed by atoms with van der Waals surface area (Å²) in [6, 6.07) is 8.63. The third-order valence-corrected chi connectivity index (χ3v) is 3.80. The van der Waals surface area contributed by atoms with Gasteiger partial charge in [-0.15, -0.1) is 11.6 Å². The maximum absolute atomic E-state index is 5.62. The van der Waals surface area contributed by atoms with Crippen LogP contribution in [0.1, 0.15) is 30.4 Å². The second-order valence-corrected chi connectivity index (χ2v) is 5.21. The molecule has 1 aromatic rings. The van der Waals surface area contributed by atoms with E-state index in [0.29, 0.717) is 0 Å². The van der Waals surface area contributed by atoms with Gasteiger partial charge in [-0.25, -0.2) is 0 Å². The van der Waals surface area contributed by atoms with E-state index in [1.807, 2.05) is 11.8 Å². The van der Waals surface area contributed by atoms with E-state index < -0.39 is 0 Å². The van der Waals surface area contributed by atoms with Crippen LogP contribution in [0.15, 0.2) is 24.3 Å². The molecular weight excluding hydrogens is 224 g/mol. The molecule has 0 N–H and O–H groups in total. The number of thioether (sulfide) groups is 1. The number of unbranched alkanes of at least 4 members (excludes halogenated alkanes) is 2. The molecule has 0 aromatic heterocycles. The minimum absolute atomic E-state index is 0.808. The molecule has 0 nitrogen and oxygen atoms in total. The maximum atomic E-state index is 5.62. The molecule has 0 aliphatic rings. The van der Waals surface area contributed by atoms with Gasteiger partial charge in [-0.05, 0) is 36.6 Å². The summed E-state index contributed by atoms with van der Waals surface area (Å²) in [4.78, 5) is 0. The summed E-state index contributed by atoms with van der Waals surface area (Å²) in [5.74, 6) is 3.21. The average molecular weight is 243 g/mol. The highest BCUT2D eigenvalue weighted by Gasteiger charge is 1.96. The number of hydrogen-bond acceptors (Lipinski definition) is 1. The Bertz CT molecular complexity index is 273. The van der Waals surface area contributed by atoms with Crippen LogP contribution >= 0.6 is 23.4 Å². The van der Waals surface area contributed by atoms with Crippen LogP contribution in [0.2, 0.25) is 0 Å². The minimum Gasteiger partial charge on any atom is -0.157 e. The minimum atomic E-state index is 0.808. The van der Waals surface area contributed by atoms with Gasteiger partial charge in [-0.3, -0.25) is 0 Å². The van der Waals surface area contributed by atoms with Crippen molar-refractivity contribution in [3.8, 4) is 0 Å². The van der Waals surface area contributed by atoms with E-state index in [1.165, 1.54) is 29.7 Å². The fourth-order valence-corrected chi connectivity index (χ4v) is 2.71. The molecule has 0 atom stereocenters. The lowest BCUT2D eigenvalue weighted by Gasteiger charge is -2.04. The molecule has 0 aliphatic heterocycles. The second-order valence-electron chi connectivity index (χ2n) is 3.73. The van der Waals surface area contributed by atoms with Gasteiger partial charge in [0, 0.05) is 11.6 Å². The van der Waals surface area contributed by atoms with Crippen molar-refractivity contribution in [1.29, 1.82) is 0 Å². The smallest absolute Gasteiger partial charge is 0.0223 e. The van der Waals surface area contributed by atoms with Crippen LogP contribution < -0.4 is 0 Å². The topological polar surface area (TPSA) is 0 Å². The lowest BCUT2D eigenvalue weighted by molar-refractivity contribution is 0.783. The van der Waals surface area contributed by atoms with Gasteiger partial charge in [0.25, 0.3) is 0 Å². The number of hydrogen-bond donors (Lipinski definition) is 0. The van der Waals surface area contributed by atoms with Crippen LogP contribution in [0, 0.1) is 6.92 Å². The van der Waals surface area contributed by atoms with Gasteiger partial charge in [-0.1, -0.05) is 30.7 Å². The van der Waals surface area contributed by atoms with Gasteiger partial charge in [0.2, 0.25) is 0 Å². The lowest BCUT2D eigenvalue weighted by atomic mass is 10.1. The maximum Gasteiger partial charge on any atom is 0.0223 e. The van der Waals surface area contributed by atoms with E-state index in [-0.39, 0.29) is 0 Å². The first-order valence-corrected chi connectivity index (χ1v) is 7.21. The van der Waals surface area contributed by atoms with Crippen LogP contribution in [0.4, 0.5) is 0 Å². The summed E-state index contributed by atoms with van der Waals surface area (Å²) in [6.07, 6.45) is 3.72. The molecule has 1 rings (SSSR count). The molecule has 0 saturated heterocycles. The zero-order valence-electron chi connectivity index (χ0n) is 9.34. The zero-order chi connectivity index (χ0) is 10.9. The monoisotopic (exact) mass is 242 g/mol. The Morgan fingerprint density at radius 3 is 2.67 bits per heavy atom. The Morgan fingerprint density at radius 1 is 1.13 bits per heavy atom. The summed E-state index contributed by atoms with van der Waals surface area (Å²) < 4.78 is 0. The van der Waals surface area contributed by atoms with Crippen molar-refractivity contribution < 1.29 is 0 Å². The zero-order valence-corrected chi connectivity index (χ0v) is 10.9. The molecule has 0 fully saturated rings. The van der Waals surface area contributed by atoms with Crippen LogP contribution in [-0.4, -0.2) is 11.6 Å². The van der Waals surface area contributed by atoms with E-state index in [0.717, 1.165) is 18.1 Å². The average Bonchev–Trinajstić information content (AvgIpc) is 2.25. The van der Waals surface area contributed by atoms with Crippen molar-refractivity contribution in [1.82, 2.24) is 0 Å². The van der Waals surface area contributed by atoms with E-state index in [2.05, 4.69) is 31.2 Å². The molecule has 0 radical (unpaired) electrons. The molecule has 0 unspecified atom stereocenters. The summed E-state index contributed by atoms with van der Waals surface area (Å²) in [5, 5.41) is 0. The Labute approximate surface area is 102 Å². The number of benzene rings is 1. The highest BCUT2D eigenvalue weighted by molar-refractivity contribution is 7.98. The SMILES string of the molecule is Cc1ccccc1CSCCCCCCl. The molecule has 0 saturated carbocycles. The fraction of sp³-hybridized carbons (Fsp3) is 0.538. The third-order valence-electron chi connectivity index (χ3n) is 2.44. The summed E-state index contributed by atoms with van der Waals surface area (Å²) in [6.45, 7) is 2.18. The summed E-state index contributed by atoms with van der Waals surface area (Å²) in [7, 11) is 0. The summed E-state index contributed by atoms with van der Waals surface area (Å²) >= 11 is 7.65. The first-order chi connectivity index (χ1) is 7.34. The second kappa shape index (κ2) is 8.06. The fourth-order valence-electron chi connectivity index (χ4n) is 1.43. The molecule has 0 spiro atoms. The van der Waals surface area contributed by atoms with Gasteiger partial charge < -0.3 is 0 Å². The molecule has 0 aliphatic carbocycles. The van der Waals surface area contributed by atoms with Crippen molar-refractivity contribution in [2.45, 2.75) is 31.9 Å². The molecule has 0 bridgehead atoms. The van der Waals surface area contributed by atoms with Crippen molar-refractivity contribution >= 4 is 23.4 Å².